The Balaban J connectivity index is 1.23. The summed E-state index contributed by atoms with van der Waals surface area (Å²) in [6.45, 7) is 6.29. The van der Waals surface area contributed by atoms with E-state index < -0.39 is 0 Å². The number of aromatic nitrogens is 2. The van der Waals surface area contributed by atoms with Gasteiger partial charge in [-0.05, 0) is 67.1 Å². The van der Waals surface area contributed by atoms with Gasteiger partial charge in [0.25, 0.3) is 0 Å². The highest BCUT2D eigenvalue weighted by atomic mass is 16.5. The van der Waals surface area contributed by atoms with Gasteiger partial charge in [-0.1, -0.05) is 61.9 Å². The number of benzene rings is 3. The number of unbranched alkanes of at least 4 members (excludes halogenated alkanes) is 2. The quantitative estimate of drug-likeness (QED) is 0.235. The summed E-state index contributed by atoms with van der Waals surface area (Å²) in [5.74, 6) is 2.10. The van der Waals surface area contributed by atoms with E-state index in [9.17, 15) is 4.79 Å². The fraction of sp³-hybridized carbons (Fsp3) is 0.355. The van der Waals surface area contributed by atoms with Crippen LogP contribution in [0.3, 0.4) is 0 Å². The first-order valence-electron chi connectivity index (χ1n) is 13.1. The third kappa shape index (κ3) is 6.97. The fourth-order valence-electron chi connectivity index (χ4n) is 4.50. The Morgan fingerprint density at radius 2 is 1.72 bits per heavy atom. The number of rotatable bonds is 13. The normalized spacial score (nSPS) is 11.1. The van der Waals surface area contributed by atoms with Crippen molar-refractivity contribution in [2.24, 2.45) is 0 Å². The number of hydrogen-bond acceptors (Lipinski definition) is 3. The second-order valence-corrected chi connectivity index (χ2v) is 9.28. The summed E-state index contributed by atoms with van der Waals surface area (Å²) >= 11 is 0. The van der Waals surface area contributed by atoms with Gasteiger partial charge >= 0.3 is 0 Å². The molecule has 0 radical (unpaired) electrons. The first kappa shape index (κ1) is 25.5. The minimum absolute atomic E-state index is 0.0930. The molecule has 0 aliphatic heterocycles. The van der Waals surface area contributed by atoms with Crippen LogP contribution in [0.15, 0.2) is 72.8 Å². The van der Waals surface area contributed by atoms with Crippen molar-refractivity contribution in [1.29, 1.82) is 0 Å². The SMILES string of the molecule is CCc1ccc(OCCn2c(CCCCCNC(=O)Cc3ccccc3C)nc3ccccc32)cc1. The predicted octanol–water partition coefficient (Wildman–Crippen LogP) is 6.06. The molecule has 1 heterocycles. The number of nitrogens with zero attached hydrogens (tertiary/aromatic N) is 2. The lowest BCUT2D eigenvalue weighted by molar-refractivity contribution is -0.120. The number of para-hydroxylation sites is 2. The monoisotopic (exact) mass is 483 g/mol. The molecule has 0 saturated heterocycles. The highest BCUT2D eigenvalue weighted by molar-refractivity contribution is 5.78. The van der Waals surface area contributed by atoms with Crippen molar-refractivity contribution < 1.29 is 9.53 Å². The predicted molar refractivity (Wildman–Crippen MR) is 146 cm³/mol. The van der Waals surface area contributed by atoms with E-state index in [1.165, 1.54) is 5.56 Å². The Bertz CT molecular complexity index is 1260. The van der Waals surface area contributed by atoms with E-state index in [2.05, 4.69) is 47.1 Å². The van der Waals surface area contributed by atoms with E-state index in [0.717, 1.165) is 72.4 Å². The van der Waals surface area contributed by atoms with E-state index in [0.29, 0.717) is 19.6 Å². The maximum Gasteiger partial charge on any atom is 0.224 e. The van der Waals surface area contributed by atoms with Crippen molar-refractivity contribution >= 4 is 16.9 Å². The lowest BCUT2D eigenvalue weighted by atomic mass is 10.1. The molecule has 0 saturated carbocycles. The molecule has 5 nitrogen and oxygen atoms in total. The molecule has 3 aromatic carbocycles. The van der Waals surface area contributed by atoms with Gasteiger partial charge in [0.15, 0.2) is 0 Å². The smallest absolute Gasteiger partial charge is 0.224 e. The fourth-order valence-corrected chi connectivity index (χ4v) is 4.50. The zero-order chi connectivity index (χ0) is 25.2. The number of nitrogens with one attached hydrogen (secondary N) is 1. The maximum absolute atomic E-state index is 12.3. The van der Waals surface area contributed by atoms with E-state index in [1.807, 2.05) is 49.4 Å². The topological polar surface area (TPSA) is 56.1 Å². The van der Waals surface area contributed by atoms with Gasteiger partial charge in [-0.25, -0.2) is 4.98 Å². The van der Waals surface area contributed by atoms with Crippen LogP contribution < -0.4 is 10.1 Å². The second kappa shape index (κ2) is 12.9. The van der Waals surface area contributed by atoms with Crippen molar-refractivity contribution in [3.63, 3.8) is 0 Å². The number of carbonyl (C=O) groups is 1. The molecule has 1 aromatic heterocycles. The number of carbonyl (C=O) groups excluding carboxylic acids is 1. The zero-order valence-corrected chi connectivity index (χ0v) is 21.5. The van der Waals surface area contributed by atoms with Gasteiger partial charge in [-0.2, -0.15) is 0 Å². The van der Waals surface area contributed by atoms with Crippen molar-refractivity contribution in [2.75, 3.05) is 13.2 Å². The number of fused-ring (bicyclic) bond motifs is 1. The van der Waals surface area contributed by atoms with Gasteiger partial charge in [-0.3, -0.25) is 4.79 Å². The molecule has 0 fully saturated rings. The standard InChI is InChI=1S/C31H37N3O2/c1-3-25-16-18-27(19-17-25)36-22-21-34-29-14-9-8-13-28(29)33-30(34)15-5-4-10-20-32-31(35)23-26-12-7-6-11-24(26)2/h6-9,11-14,16-19H,3-5,10,15,20-23H2,1-2H3,(H,32,35). The van der Waals surface area contributed by atoms with Crippen LogP contribution in [0.5, 0.6) is 5.75 Å². The molecule has 4 rings (SSSR count). The Morgan fingerprint density at radius 1 is 0.944 bits per heavy atom. The summed E-state index contributed by atoms with van der Waals surface area (Å²) in [5.41, 5.74) is 5.76. The van der Waals surface area contributed by atoms with E-state index in [-0.39, 0.29) is 5.91 Å². The number of ether oxygens (including phenoxy) is 1. The Hall–Kier alpha value is -3.60. The van der Waals surface area contributed by atoms with Gasteiger partial charge in [-0.15, -0.1) is 0 Å². The van der Waals surface area contributed by atoms with Crippen LogP contribution in [0, 0.1) is 6.92 Å². The molecule has 0 aliphatic rings. The van der Waals surface area contributed by atoms with E-state index in [1.54, 1.807) is 0 Å². The molecule has 0 bridgehead atoms. The minimum atomic E-state index is 0.0930. The summed E-state index contributed by atoms with van der Waals surface area (Å²) in [6, 6.07) is 24.7. The van der Waals surface area contributed by atoms with Crippen molar-refractivity contribution in [2.45, 2.75) is 58.9 Å². The van der Waals surface area contributed by atoms with E-state index in [4.69, 9.17) is 9.72 Å². The van der Waals surface area contributed by atoms with Crippen LogP contribution in [-0.2, 0) is 30.6 Å². The van der Waals surface area contributed by atoms with Crippen LogP contribution in [0.1, 0.15) is 48.7 Å². The highest BCUT2D eigenvalue weighted by Gasteiger charge is 2.11. The van der Waals surface area contributed by atoms with Crippen LogP contribution >= 0.6 is 0 Å². The van der Waals surface area contributed by atoms with E-state index >= 15 is 0 Å². The molecule has 5 heteroatoms. The summed E-state index contributed by atoms with van der Waals surface area (Å²) in [6.07, 6.45) is 5.45. The average Bonchev–Trinajstić information content (AvgIpc) is 3.25. The molecule has 1 amide bonds. The van der Waals surface area contributed by atoms with Crippen molar-refractivity contribution in [3.05, 3.63) is 95.3 Å². The Labute approximate surface area is 214 Å². The molecule has 0 spiro atoms. The average molecular weight is 484 g/mol. The lowest BCUT2D eigenvalue weighted by Gasteiger charge is -2.11. The third-order valence-electron chi connectivity index (χ3n) is 6.66. The van der Waals surface area contributed by atoms with Gasteiger partial charge in [0, 0.05) is 13.0 Å². The summed E-state index contributed by atoms with van der Waals surface area (Å²) in [5, 5.41) is 3.06. The first-order valence-corrected chi connectivity index (χ1v) is 13.1. The third-order valence-corrected chi connectivity index (χ3v) is 6.66. The van der Waals surface area contributed by atoms with Crippen molar-refractivity contribution in [3.8, 4) is 5.75 Å². The molecule has 0 atom stereocenters. The van der Waals surface area contributed by atoms with Crippen LogP contribution in [0.4, 0.5) is 0 Å². The zero-order valence-electron chi connectivity index (χ0n) is 21.5. The highest BCUT2D eigenvalue weighted by Crippen LogP contribution is 2.19. The molecule has 4 aromatic rings. The summed E-state index contributed by atoms with van der Waals surface area (Å²) < 4.78 is 8.32. The van der Waals surface area contributed by atoms with Crippen molar-refractivity contribution in [1.82, 2.24) is 14.9 Å². The number of hydrogen-bond donors (Lipinski definition) is 1. The summed E-state index contributed by atoms with van der Waals surface area (Å²) in [4.78, 5) is 17.2. The van der Waals surface area contributed by atoms with Crippen LogP contribution in [0.25, 0.3) is 11.0 Å². The lowest BCUT2D eigenvalue weighted by Crippen LogP contribution is -2.26. The number of imidazole rings is 1. The molecule has 0 unspecified atom stereocenters. The first-order chi connectivity index (χ1) is 17.6. The molecule has 1 N–H and O–H groups in total. The van der Waals surface area contributed by atoms with Gasteiger partial charge in [0.1, 0.15) is 18.2 Å². The largest absolute Gasteiger partial charge is 0.492 e. The minimum Gasteiger partial charge on any atom is -0.492 e. The summed E-state index contributed by atoms with van der Waals surface area (Å²) in [7, 11) is 0. The molecular formula is C31H37N3O2. The van der Waals surface area contributed by atoms with Crippen LogP contribution in [0.2, 0.25) is 0 Å². The Morgan fingerprint density at radius 3 is 2.53 bits per heavy atom. The van der Waals surface area contributed by atoms with Crippen LogP contribution in [-0.4, -0.2) is 28.6 Å². The van der Waals surface area contributed by atoms with Gasteiger partial charge in [0.05, 0.1) is 24.0 Å². The molecule has 36 heavy (non-hydrogen) atoms. The molecular weight excluding hydrogens is 446 g/mol. The number of aryl methyl sites for hydroxylation is 3. The second-order valence-electron chi connectivity index (χ2n) is 9.28. The van der Waals surface area contributed by atoms with Gasteiger partial charge in [0.2, 0.25) is 5.91 Å². The molecule has 188 valence electrons. The Kier molecular flexibility index (Phi) is 9.15. The maximum atomic E-state index is 12.3. The number of amides is 1. The molecule has 0 aliphatic carbocycles. The van der Waals surface area contributed by atoms with Gasteiger partial charge < -0.3 is 14.6 Å².